The first-order valence-corrected chi connectivity index (χ1v) is 5.65. The first-order chi connectivity index (χ1) is 5.33. The Morgan fingerprint density at radius 3 is 2.73 bits per heavy atom. The van der Waals surface area contributed by atoms with Crippen LogP contribution in [0.5, 0.6) is 0 Å². The number of aliphatic hydroxyl groups excluding tert-OH is 1. The van der Waals surface area contributed by atoms with Gasteiger partial charge in [0.05, 0.1) is 6.61 Å². The molecule has 64 valence electrons. The van der Waals surface area contributed by atoms with Gasteiger partial charge in [-0.25, -0.2) is 0 Å². The molecule has 1 saturated heterocycles. The summed E-state index contributed by atoms with van der Waals surface area (Å²) in [5.74, 6) is 2.59. The zero-order valence-corrected chi connectivity index (χ0v) is 7.69. The maximum atomic E-state index is 9.16. The summed E-state index contributed by atoms with van der Waals surface area (Å²) in [4.78, 5) is 0. The summed E-state index contributed by atoms with van der Waals surface area (Å²) in [6.45, 7) is 2.43. The van der Waals surface area contributed by atoms with Crippen LogP contribution in [0.3, 0.4) is 0 Å². The minimum atomic E-state index is 0.123. The van der Waals surface area contributed by atoms with Crippen molar-refractivity contribution in [2.45, 2.75) is 19.8 Å². The average molecular weight is 175 g/mol. The maximum Gasteiger partial charge on any atom is 0.326 e. The van der Waals surface area contributed by atoms with Crippen LogP contribution < -0.4 is 0 Å². The van der Waals surface area contributed by atoms with Crippen molar-refractivity contribution in [3.05, 3.63) is 11.4 Å². The molecule has 0 amide bonds. The number of rotatable bonds is 3. The van der Waals surface area contributed by atoms with Crippen molar-refractivity contribution >= 4 is 10.9 Å². The third-order valence-corrected chi connectivity index (χ3v) is 3.78. The van der Waals surface area contributed by atoms with Gasteiger partial charge in [0.2, 0.25) is 0 Å². The molecule has 0 atom stereocenters. The summed E-state index contributed by atoms with van der Waals surface area (Å²) in [6, 6.07) is 0. The fraction of sp³-hybridized carbons (Fsp3) is 0.750. The number of hydrogen-bond donors (Lipinski definition) is 1. The Morgan fingerprint density at radius 2 is 2.18 bits per heavy atom. The van der Waals surface area contributed by atoms with Crippen molar-refractivity contribution in [1.82, 2.24) is 0 Å². The van der Waals surface area contributed by atoms with E-state index in [9.17, 15) is 0 Å². The van der Waals surface area contributed by atoms with Crippen LogP contribution in [0.15, 0.2) is 11.4 Å². The van der Waals surface area contributed by atoms with Gasteiger partial charge in [-0.05, 0) is 19.8 Å². The lowest BCUT2D eigenvalue weighted by Gasteiger charge is -1.98. The minimum Gasteiger partial charge on any atom is -0.478 e. The van der Waals surface area contributed by atoms with Gasteiger partial charge in [0.1, 0.15) is 11.5 Å². The molecule has 1 heterocycles. The molecule has 1 fully saturated rings. The molecule has 1 aliphatic rings. The Labute approximate surface area is 70.6 Å². The van der Waals surface area contributed by atoms with Crippen LogP contribution in [-0.4, -0.2) is 23.2 Å². The van der Waals surface area contributed by atoms with E-state index in [1.807, 2.05) is 12.3 Å². The summed E-state index contributed by atoms with van der Waals surface area (Å²) in [7, 11) is 0.304. The summed E-state index contributed by atoms with van der Waals surface area (Å²) in [6.07, 6.45) is 2.61. The fourth-order valence-corrected chi connectivity index (χ4v) is 3.06. The van der Waals surface area contributed by atoms with Gasteiger partial charge in [0, 0.05) is 10.9 Å². The Kier molecular flexibility index (Phi) is 3.63. The second-order valence-electron chi connectivity index (χ2n) is 2.54. The van der Waals surface area contributed by atoms with E-state index < -0.39 is 0 Å². The van der Waals surface area contributed by atoms with E-state index in [0.717, 1.165) is 0 Å². The highest BCUT2D eigenvalue weighted by Gasteiger charge is 2.23. The lowest BCUT2D eigenvalue weighted by atomic mass is 10.4. The minimum absolute atomic E-state index is 0.123. The average Bonchev–Trinajstić information content (AvgIpc) is 2.40. The molecular formula is C8H15O2S+. The van der Waals surface area contributed by atoms with Crippen LogP contribution in [0.2, 0.25) is 0 Å². The molecule has 3 heteroatoms. The van der Waals surface area contributed by atoms with Gasteiger partial charge in [-0.15, -0.1) is 0 Å². The molecule has 0 aromatic rings. The van der Waals surface area contributed by atoms with Crippen molar-refractivity contribution in [3.8, 4) is 0 Å². The summed E-state index contributed by atoms with van der Waals surface area (Å²) < 4.78 is 4.93. The van der Waals surface area contributed by atoms with E-state index >= 15 is 0 Å². The van der Waals surface area contributed by atoms with Crippen LogP contribution in [0.4, 0.5) is 0 Å². The lowest BCUT2D eigenvalue weighted by Crippen LogP contribution is -2.01. The summed E-state index contributed by atoms with van der Waals surface area (Å²) in [5, 5.41) is 11.0. The number of aliphatic hydroxyl groups is 1. The zero-order valence-electron chi connectivity index (χ0n) is 6.88. The maximum absolute atomic E-state index is 9.16. The topological polar surface area (TPSA) is 29.5 Å². The Bertz CT molecular complexity index is 139. The molecule has 1 aliphatic heterocycles. The largest absolute Gasteiger partial charge is 0.478 e. The van der Waals surface area contributed by atoms with E-state index in [1.54, 1.807) is 0 Å². The van der Waals surface area contributed by atoms with Crippen LogP contribution in [0, 0.1) is 0 Å². The van der Waals surface area contributed by atoms with Gasteiger partial charge in [-0.2, -0.15) is 0 Å². The molecule has 0 unspecified atom stereocenters. The van der Waals surface area contributed by atoms with Crippen molar-refractivity contribution in [2.24, 2.45) is 0 Å². The highest BCUT2D eigenvalue weighted by atomic mass is 32.2. The molecule has 0 aromatic carbocycles. The monoisotopic (exact) mass is 175 g/mol. The van der Waals surface area contributed by atoms with E-state index in [1.165, 1.54) is 24.3 Å². The van der Waals surface area contributed by atoms with Crippen molar-refractivity contribution < 1.29 is 9.84 Å². The van der Waals surface area contributed by atoms with Gasteiger partial charge in [0.25, 0.3) is 0 Å². The van der Waals surface area contributed by atoms with E-state index in [-0.39, 0.29) is 5.95 Å². The van der Waals surface area contributed by atoms with Gasteiger partial charge in [-0.3, -0.25) is 0 Å². The fourth-order valence-electron chi connectivity index (χ4n) is 1.12. The van der Waals surface area contributed by atoms with Gasteiger partial charge in [-0.1, -0.05) is 0 Å². The Balaban J connectivity index is 2.30. The van der Waals surface area contributed by atoms with Crippen LogP contribution in [-0.2, 0) is 15.6 Å². The molecule has 0 spiro atoms. The second-order valence-corrected chi connectivity index (χ2v) is 4.67. The molecule has 0 saturated carbocycles. The second kappa shape index (κ2) is 4.54. The van der Waals surface area contributed by atoms with Gasteiger partial charge in [0.15, 0.2) is 5.41 Å². The normalized spacial score (nSPS) is 20.6. The van der Waals surface area contributed by atoms with Crippen molar-refractivity contribution in [3.63, 3.8) is 0 Å². The number of hydrogen-bond acceptors (Lipinski definition) is 2. The zero-order chi connectivity index (χ0) is 8.10. The van der Waals surface area contributed by atoms with E-state index in [0.29, 0.717) is 17.5 Å². The summed E-state index contributed by atoms with van der Waals surface area (Å²) in [5.41, 5.74) is 0. The molecule has 1 rings (SSSR count). The SMILES string of the molecule is CCOC(O)=C[S+]1CCCC1. The molecule has 1 N–H and O–H groups in total. The third-order valence-electron chi connectivity index (χ3n) is 1.62. The molecule has 11 heavy (non-hydrogen) atoms. The molecule has 2 nitrogen and oxygen atoms in total. The Morgan fingerprint density at radius 1 is 1.55 bits per heavy atom. The van der Waals surface area contributed by atoms with Gasteiger partial charge < -0.3 is 9.84 Å². The molecule has 0 radical (unpaired) electrons. The van der Waals surface area contributed by atoms with Crippen LogP contribution in [0.1, 0.15) is 19.8 Å². The number of ether oxygens (including phenoxy) is 1. The van der Waals surface area contributed by atoms with E-state index in [2.05, 4.69) is 0 Å². The smallest absolute Gasteiger partial charge is 0.326 e. The first kappa shape index (κ1) is 8.78. The van der Waals surface area contributed by atoms with Gasteiger partial charge >= 0.3 is 5.95 Å². The highest BCUT2D eigenvalue weighted by molar-refractivity contribution is 7.99. The van der Waals surface area contributed by atoms with E-state index in [4.69, 9.17) is 9.84 Å². The highest BCUT2D eigenvalue weighted by Crippen LogP contribution is 2.15. The Hall–Kier alpha value is -0.310. The summed E-state index contributed by atoms with van der Waals surface area (Å²) >= 11 is 0. The molecule has 0 bridgehead atoms. The molecule has 0 aliphatic carbocycles. The van der Waals surface area contributed by atoms with Crippen molar-refractivity contribution in [1.29, 1.82) is 0 Å². The van der Waals surface area contributed by atoms with Crippen LogP contribution >= 0.6 is 0 Å². The standard InChI is InChI=1S/C8H14O2S/c1-2-10-8(9)7-11-5-3-4-6-11/h7H,2-6H2,1H3/p+1. The quantitative estimate of drug-likeness (QED) is 0.523. The molecule has 0 aromatic heterocycles. The predicted molar refractivity (Wildman–Crippen MR) is 48.7 cm³/mol. The first-order valence-electron chi connectivity index (χ1n) is 4.03. The molecular weight excluding hydrogens is 160 g/mol. The lowest BCUT2D eigenvalue weighted by molar-refractivity contribution is 0.104. The van der Waals surface area contributed by atoms with Crippen molar-refractivity contribution in [2.75, 3.05) is 18.1 Å². The third kappa shape index (κ3) is 3.06. The van der Waals surface area contributed by atoms with Crippen LogP contribution in [0.25, 0.3) is 0 Å². The predicted octanol–water partition coefficient (Wildman–Crippen LogP) is 1.79.